The number of benzene rings is 1. The highest BCUT2D eigenvalue weighted by molar-refractivity contribution is 6.31. The molecule has 0 amide bonds. The Morgan fingerprint density at radius 3 is 2.50 bits per heavy atom. The fourth-order valence-corrected chi connectivity index (χ4v) is 2.58. The predicted octanol–water partition coefficient (Wildman–Crippen LogP) is 4.30. The van der Waals surface area contributed by atoms with Crippen molar-refractivity contribution in [3.05, 3.63) is 59.0 Å². The lowest BCUT2D eigenvalue weighted by Gasteiger charge is -2.12. The molecule has 0 aliphatic rings. The molecule has 90 valence electrons. The Hall–Kier alpha value is -1.80. The molecule has 0 saturated heterocycles. The largest absolute Gasteiger partial charge is 0.316 e. The third kappa shape index (κ3) is 1.70. The Labute approximate surface area is 111 Å². The minimum absolute atomic E-state index is 0.734. The summed E-state index contributed by atoms with van der Waals surface area (Å²) in [4.78, 5) is 4.48. The van der Waals surface area contributed by atoms with E-state index in [9.17, 15) is 0 Å². The van der Waals surface area contributed by atoms with Gasteiger partial charge >= 0.3 is 0 Å². The monoisotopic (exact) mass is 256 g/mol. The zero-order chi connectivity index (χ0) is 12.7. The van der Waals surface area contributed by atoms with Gasteiger partial charge < -0.3 is 4.57 Å². The number of aromatic nitrogens is 2. The van der Waals surface area contributed by atoms with Gasteiger partial charge in [0.1, 0.15) is 0 Å². The normalized spacial score (nSPS) is 11.1. The van der Waals surface area contributed by atoms with Crippen LogP contribution in [0.15, 0.2) is 42.6 Å². The molecule has 0 fully saturated rings. The first-order valence-electron chi connectivity index (χ1n) is 5.86. The van der Waals surface area contributed by atoms with Crippen molar-refractivity contribution >= 4 is 22.5 Å². The molecular weight excluding hydrogens is 244 g/mol. The van der Waals surface area contributed by atoms with E-state index in [0.717, 1.165) is 21.6 Å². The summed E-state index contributed by atoms with van der Waals surface area (Å²) in [6.45, 7) is 4.17. The molecule has 0 radical (unpaired) electrons. The van der Waals surface area contributed by atoms with Gasteiger partial charge in [-0.05, 0) is 44.2 Å². The van der Waals surface area contributed by atoms with E-state index in [0.29, 0.717) is 0 Å². The molecule has 0 N–H and O–H groups in total. The van der Waals surface area contributed by atoms with Crippen LogP contribution in [0, 0.1) is 13.8 Å². The predicted molar refractivity (Wildman–Crippen MR) is 75.6 cm³/mol. The van der Waals surface area contributed by atoms with Crippen molar-refractivity contribution in [2.24, 2.45) is 0 Å². The molecule has 0 spiro atoms. The molecule has 18 heavy (non-hydrogen) atoms. The van der Waals surface area contributed by atoms with Gasteiger partial charge in [0.05, 0.1) is 11.2 Å². The van der Waals surface area contributed by atoms with Crippen LogP contribution >= 0.6 is 11.6 Å². The van der Waals surface area contributed by atoms with Gasteiger partial charge in [-0.1, -0.05) is 17.7 Å². The fourth-order valence-electron chi connectivity index (χ4n) is 2.36. The molecule has 2 heterocycles. The molecule has 3 aromatic rings. The van der Waals surface area contributed by atoms with Crippen LogP contribution in [0.3, 0.4) is 0 Å². The highest BCUT2D eigenvalue weighted by atomic mass is 35.5. The lowest BCUT2D eigenvalue weighted by Crippen LogP contribution is -2.00. The highest BCUT2D eigenvalue weighted by Gasteiger charge is 2.10. The molecule has 0 unspecified atom stereocenters. The van der Waals surface area contributed by atoms with Crippen LogP contribution in [0.2, 0.25) is 5.02 Å². The maximum absolute atomic E-state index is 6.20. The van der Waals surface area contributed by atoms with E-state index >= 15 is 0 Å². The summed E-state index contributed by atoms with van der Waals surface area (Å²) >= 11 is 6.20. The minimum Gasteiger partial charge on any atom is -0.316 e. The highest BCUT2D eigenvalue weighted by Crippen LogP contribution is 2.27. The zero-order valence-electron chi connectivity index (χ0n) is 10.3. The van der Waals surface area contributed by atoms with Gasteiger partial charge in [0.25, 0.3) is 0 Å². The van der Waals surface area contributed by atoms with Crippen LogP contribution in [0.4, 0.5) is 0 Å². The molecule has 1 aromatic carbocycles. The van der Waals surface area contributed by atoms with Crippen molar-refractivity contribution in [2.75, 3.05) is 0 Å². The van der Waals surface area contributed by atoms with Crippen molar-refractivity contribution in [3.8, 4) is 5.69 Å². The molecule has 0 aliphatic heterocycles. The molecule has 3 rings (SSSR count). The second kappa shape index (κ2) is 4.14. The van der Waals surface area contributed by atoms with E-state index in [1.807, 2.05) is 30.5 Å². The van der Waals surface area contributed by atoms with Crippen LogP contribution < -0.4 is 0 Å². The molecule has 0 saturated carbocycles. The van der Waals surface area contributed by atoms with E-state index in [1.54, 1.807) is 0 Å². The topological polar surface area (TPSA) is 17.8 Å². The number of pyridine rings is 1. The second-order valence-corrected chi connectivity index (χ2v) is 4.89. The van der Waals surface area contributed by atoms with Gasteiger partial charge in [0.2, 0.25) is 0 Å². The number of halogens is 1. The second-order valence-electron chi connectivity index (χ2n) is 4.45. The van der Waals surface area contributed by atoms with Gasteiger partial charge in [-0.15, -0.1) is 0 Å². The van der Waals surface area contributed by atoms with Crippen molar-refractivity contribution in [1.82, 2.24) is 9.55 Å². The third-order valence-corrected chi connectivity index (χ3v) is 3.38. The minimum atomic E-state index is 0.734. The van der Waals surface area contributed by atoms with Crippen LogP contribution in [-0.2, 0) is 0 Å². The van der Waals surface area contributed by atoms with Crippen molar-refractivity contribution in [3.63, 3.8) is 0 Å². The van der Waals surface area contributed by atoms with Gasteiger partial charge in [-0.25, -0.2) is 0 Å². The number of aryl methyl sites for hydroxylation is 2. The van der Waals surface area contributed by atoms with E-state index in [1.165, 1.54) is 11.4 Å². The number of hydrogen-bond donors (Lipinski definition) is 0. The van der Waals surface area contributed by atoms with Crippen LogP contribution in [0.1, 0.15) is 11.4 Å². The number of fused-ring (bicyclic) bond motifs is 1. The van der Waals surface area contributed by atoms with Gasteiger partial charge in [-0.3, -0.25) is 4.98 Å². The van der Waals surface area contributed by atoms with Crippen molar-refractivity contribution < 1.29 is 0 Å². The maximum atomic E-state index is 6.20. The Kier molecular flexibility index (Phi) is 2.60. The fraction of sp³-hybridized carbons (Fsp3) is 0.133. The van der Waals surface area contributed by atoms with Gasteiger partial charge in [-0.2, -0.15) is 0 Å². The van der Waals surface area contributed by atoms with E-state index in [4.69, 9.17) is 11.6 Å². The van der Waals surface area contributed by atoms with Gasteiger partial charge in [0, 0.05) is 28.0 Å². The molecule has 3 heteroatoms. The first kappa shape index (κ1) is 11.3. The lowest BCUT2D eigenvalue weighted by molar-refractivity contribution is 0.970. The average Bonchev–Trinajstić information content (AvgIpc) is 2.68. The first-order chi connectivity index (χ1) is 8.66. The maximum Gasteiger partial charge on any atom is 0.0943 e. The Morgan fingerprint density at radius 1 is 1.06 bits per heavy atom. The Bertz CT molecular complexity index is 709. The van der Waals surface area contributed by atoms with E-state index in [-0.39, 0.29) is 0 Å². The summed E-state index contributed by atoms with van der Waals surface area (Å²) < 4.78 is 2.18. The summed E-state index contributed by atoms with van der Waals surface area (Å²) in [6, 6.07) is 12.1. The number of nitrogens with zero attached hydrogens (tertiary/aromatic N) is 2. The lowest BCUT2D eigenvalue weighted by atomic mass is 10.2. The number of rotatable bonds is 1. The van der Waals surface area contributed by atoms with Crippen molar-refractivity contribution in [1.29, 1.82) is 0 Å². The van der Waals surface area contributed by atoms with E-state index < -0.39 is 0 Å². The summed E-state index contributed by atoms with van der Waals surface area (Å²) in [7, 11) is 0. The quantitative estimate of drug-likeness (QED) is 0.635. The van der Waals surface area contributed by atoms with Gasteiger partial charge in [0.15, 0.2) is 0 Å². The van der Waals surface area contributed by atoms with Crippen molar-refractivity contribution in [2.45, 2.75) is 13.8 Å². The standard InChI is InChI=1S/C15H13ClN2/c1-10-5-6-11(2)18(10)14-9-13(16)8-12-4-3-7-17-15(12)14/h3-9H,1-2H3. The first-order valence-corrected chi connectivity index (χ1v) is 6.24. The summed E-state index contributed by atoms with van der Waals surface area (Å²) in [6.07, 6.45) is 1.81. The summed E-state index contributed by atoms with van der Waals surface area (Å²) in [5.74, 6) is 0. The van der Waals surface area contributed by atoms with Crippen LogP contribution in [0.25, 0.3) is 16.6 Å². The molecule has 2 aromatic heterocycles. The van der Waals surface area contributed by atoms with Crippen LogP contribution in [0.5, 0.6) is 0 Å². The summed E-state index contributed by atoms with van der Waals surface area (Å²) in [5, 5.41) is 1.80. The average molecular weight is 257 g/mol. The molecule has 0 bridgehead atoms. The molecular formula is C15H13ClN2. The Balaban J connectivity index is 2.42. The Morgan fingerprint density at radius 2 is 1.78 bits per heavy atom. The zero-order valence-corrected chi connectivity index (χ0v) is 11.1. The SMILES string of the molecule is Cc1ccc(C)n1-c1cc(Cl)cc2cccnc12. The summed E-state index contributed by atoms with van der Waals surface area (Å²) in [5.41, 5.74) is 4.38. The number of hydrogen-bond acceptors (Lipinski definition) is 1. The molecule has 2 nitrogen and oxygen atoms in total. The molecule has 0 aliphatic carbocycles. The molecule has 0 atom stereocenters. The van der Waals surface area contributed by atoms with Crippen LogP contribution in [-0.4, -0.2) is 9.55 Å². The van der Waals surface area contributed by atoms with E-state index in [2.05, 4.69) is 35.5 Å². The smallest absolute Gasteiger partial charge is 0.0943 e. The third-order valence-electron chi connectivity index (χ3n) is 3.16.